The summed E-state index contributed by atoms with van der Waals surface area (Å²) in [7, 11) is 2.60. The lowest BCUT2D eigenvalue weighted by Gasteiger charge is -2.14. The molecular weight excluding hydrogens is 488 g/mol. The van der Waals surface area contributed by atoms with Gasteiger partial charge in [-0.2, -0.15) is 0 Å². The molecule has 8 heteroatoms. The van der Waals surface area contributed by atoms with Crippen LogP contribution in [0.4, 0.5) is 0 Å². The average molecular weight is 523 g/mol. The van der Waals surface area contributed by atoms with Gasteiger partial charge in [0.15, 0.2) is 5.43 Å². The van der Waals surface area contributed by atoms with Crippen molar-refractivity contribution in [2.24, 2.45) is 0 Å². The minimum absolute atomic E-state index is 0.129. The highest BCUT2D eigenvalue weighted by Crippen LogP contribution is 2.29. The van der Waals surface area contributed by atoms with Gasteiger partial charge < -0.3 is 23.4 Å². The smallest absolute Gasteiger partial charge is 0.374 e. The lowest BCUT2D eigenvalue weighted by Crippen LogP contribution is -2.10. The average Bonchev–Trinajstić information content (AvgIpc) is 2.93. The second-order valence-corrected chi connectivity index (χ2v) is 8.70. The fraction of sp³-hybridized carbons (Fsp3) is 0.367. The minimum atomic E-state index is -0.698. The molecule has 202 valence electrons. The first-order valence-electron chi connectivity index (χ1n) is 12.7. The number of rotatable bonds is 14. The molecule has 0 aliphatic rings. The summed E-state index contributed by atoms with van der Waals surface area (Å²) in [5, 5.41) is 0.404. The maximum Gasteiger partial charge on any atom is 0.374 e. The zero-order chi connectivity index (χ0) is 27.5. The quantitative estimate of drug-likeness (QED) is 0.152. The van der Waals surface area contributed by atoms with Crippen molar-refractivity contribution in [3.8, 4) is 11.5 Å². The van der Waals surface area contributed by atoms with Gasteiger partial charge in [-0.3, -0.25) is 4.79 Å². The van der Waals surface area contributed by atoms with Gasteiger partial charge >= 0.3 is 11.9 Å². The molecule has 0 spiro atoms. The largest absolute Gasteiger partial charge is 0.493 e. The highest BCUT2D eigenvalue weighted by atomic mass is 16.5. The van der Waals surface area contributed by atoms with Crippen LogP contribution in [0.5, 0.6) is 11.5 Å². The zero-order valence-corrected chi connectivity index (χ0v) is 22.2. The van der Waals surface area contributed by atoms with Crippen LogP contribution in [0.2, 0.25) is 0 Å². The molecule has 1 aromatic heterocycles. The Bertz CT molecular complexity index is 1340. The molecule has 3 rings (SSSR count). The third-order valence-corrected chi connectivity index (χ3v) is 5.99. The number of ether oxygens (including phenoxy) is 4. The molecule has 0 radical (unpaired) electrons. The molecule has 2 aromatic carbocycles. The van der Waals surface area contributed by atoms with E-state index in [2.05, 4.69) is 6.58 Å². The van der Waals surface area contributed by atoms with Crippen LogP contribution in [0.3, 0.4) is 0 Å². The van der Waals surface area contributed by atoms with Gasteiger partial charge in [-0.25, -0.2) is 9.59 Å². The van der Waals surface area contributed by atoms with E-state index in [0.29, 0.717) is 48.3 Å². The maximum atomic E-state index is 12.5. The molecule has 0 aliphatic heterocycles. The third kappa shape index (κ3) is 7.03. The van der Waals surface area contributed by atoms with Gasteiger partial charge in [0.25, 0.3) is 0 Å². The van der Waals surface area contributed by atoms with Gasteiger partial charge in [0.1, 0.15) is 17.1 Å². The molecule has 0 aliphatic carbocycles. The molecule has 3 aromatic rings. The SMILES string of the molecule is C=CCc1cc(C(=O)OC)ccc1OCCCCCOc1ccc2c(=O)cc(C(=O)OC)oc2c1CCC. The summed E-state index contributed by atoms with van der Waals surface area (Å²) in [5.41, 5.74) is 2.19. The van der Waals surface area contributed by atoms with Crippen molar-refractivity contribution in [3.05, 3.63) is 81.7 Å². The highest BCUT2D eigenvalue weighted by Gasteiger charge is 2.17. The Balaban J connectivity index is 1.57. The van der Waals surface area contributed by atoms with E-state index in [1.807, 2.05) is 6.92 Å². The Kier molecular flexibility index (Phi) is 10.5. The third-order valence-electron chi connectivity index (χ3n) is 5.99. The molecule has 0 unspecified atom stereocenters. The number of hydrogen-bond donors (Lipinski definition) is 0. The molecule has 0 atom stereocenters. The molecule has 0 amide bonds. The summed E-state index contributed by atoms with van der Waals surface area (Å²) < 4.78 is 27.3. The van der Waals surface area contributed by atoms with Crippen molar-refractivity contribution in [1.29, 1.82) is 0 Å². The lowest BCUT2D eigenvalue weighted by atomic mass is 10.0. The number of allylic oxidation sites excluding steroid dienone is 1. The van der Waals surface area contributed by atoms with Gasteiger partial charge in [-0.05, 0) is 68.0 Å². The Morgan fingerprint density at radius 3 is 2.26 bits per heavy atom. The molecule has 38 heavy (non-hydrogen) atoms. The number of aryl methyl sites for hydroxylation is 1. The molecule has 1 heterocycles. The summed E-state index contributed by atoms with van der Waals surface area (Å²) in [6, 6.07) is 9.84. The summed E-state index contributed by atoms with van der Waals surface area (Å²) in [6.45, 7) is 6.81. The number of carbonyl (C=O) groups excluding carboxylic acids is 2. The fourth-order valence-electron chi connectivity index (χ4n) is 4.10. The summed E-state index contributed by atoms with van der Waals surface area (Å²) in [5.74, 6) is 0.149. The van der Waals surface area contributed by atoms with Gasteiger partial charge in [-0.15, -0.1) is 6.58 Å². The summed E-state index contributed by atoms with van der Waals surface area (Å²) >= 11 is 0. The number of hydrogen-bond acceptors (Lipinski definition) is 8. The second-order valence-electron chi connectivity index (χ2n) is 8.70. The number of benzene rings is 2. The topological polar surface area (TPSA) is 101 Å². The standard InChI is InChI=1S/C30H34O8/c1-5-10-20-18-21(29(32)34-3)12-14-25(20)36-16-8-7-9-17-37-26-15-13-22-24(31)19-27(30(33)35-4)38-28(22)23(26)11-6-2/h5,12-15,18-19H,1,6-11,16-17H2,2-4H3. The van der Waals surface area contributed by atoms with Crippen LogP contribution in [-0.4, -0.2) is 39.4 Å². The van der Waals surface area contributed by atoms with Crippen LogP contribution < -0.4 is 14.9 Å². The van der Waals surface area contributed by atoms with Gasteiger partial charge in [0.05, 0.1) is 38.4 Å². The van der Waals surface area contributed by atoms with Gasteiger partial charge in [0.2, 0.25) is 5.76 Å². The normalized spacial score (nSPS) is 10.7. The van der Waals surface area contributed by atoms with Crippen LogP contribution >= 0.6 is 0 Å². The van der Waals surface area contributed by atoms with E-state index in [1.54, 1.807) is 36.4 Å². The molecule has 0 fully saturated rings. The van der Waals surface area contributed by atoms with Crippen molar-refractivity contribution in [1.82, 2.24) is 0 Å². The number of carbonyl (C=O) groups is 2. The lowest BCUT2D eigenvalue weighted by molar-refractivity contribution is 0.0563. The second kappa shape index (κ2) is 14.0. The first-order valence-corrected chi connectivity index (χ1v) is 12.7. The number of unbranched alkanes of at least 4 members (excludes halogenated alkanes) is 2. The van der Waals surface area contributed by atoms with Crippen molar-refractivity contribution >= 4 is 22.9 Å². The number of fused-ring (bicyclic) bond motifs is 1. The van der Waals surface area contributed by atoms with Gasteiger partial charge in [-0.1, -0.05) is 19.4 Å². The minimum Gasteiger partial charge on any atom is -0.493 e. The van der Waals surface area contributed by atoms with Crippen LogP contribution in [-0.2, 0) is 22.3 Å². The Morgan fingerprint density at radius 2 is 1.61 bits per heavy atom. The van der Waals surface area contributed by atoms with Crippen molar-refractivity contribution in [3.63, 3.8) is 0 Å². The van der Waals surface area contributed by atoms with E-state index in [-0.39, 0.29) is 17.2 Å². The number of methoxy groups -OCH3 is 2. The molecule has 0 bridgehead atoms. The van der Waals surface area contributed by atoms with E-state index < -0.39 is 5.97 Å². The van der Waals surface area contributed by atoms with E-state index >= 15 is 0 Å². The highest BCUT2D eigenvalue weighted by molar-refractivity contribution is 5.90. The predicted octanol–water partition coefficient (Wildman–Crippen LogP) is 5.68. The monoisotopic (exact) mass is 522 g/mol. The van der Waals surface area contributed by atoms with E-state index in [4.69, 9.17) is 23.4 Å². The molecular formula is C30H34O8. The first-order chi connectivity index (χ1) is 18.4. The van der Waals surface area contributed by atoms with Crippen LogP contribution in [0.1, 0.15) is 64.6 Å². The van der Waals surface area contributed by atoms with Crippen LogP contribution in [0, 0.1) is 0 Å². The van der Waals surface area contributed by atoms with Crippen molar-refractivity contribution in [2.75, 3.05) is 27.4 Å². The molecule has 0 saturated carbocycles. The zero-order valence-electron chi connectivity index (χ0n) is 22.2. The van der Waals surface area contributed by atoms with Gasteiger partial charge in [0, 0.05) is 11.6 Å². The molecule has 8 nitrogen and oxygen atoms in total. The predicted molar refractivity (Wildman–Crippen MR) is 144 cm³/mol. The van der Waals surface area contributed by atoms with Crippen LogP contribution in [0.15, 0.2) is 58.3 Å². The Hall–Kier alpha value is -4.07. The molecule has 0 N–H and O–H groups in total. The summed E-state index contributed by atoms with van der Waals surface area (Å²) in [6.07, 6.45) is 6.31. The first kappa shape index (κ1) is 28.5. The van der Waals surface area contributed by atoms with E-state index in [0.717, 1.165) is 48.6 Å². The number of esters is 2. The van der Waals surface area contributed by atoms with Crippen molar-refractivity contribution < 1.29 is 33.0 Å². The summed E-state index contributed by atoms with van der Waals surface area (Å²) in [4.78, 5) is 36.3. The Morgan fingerprint density at radius 1 is 0.921 bits per heavy atom. The van der Waals surface area contributed by atoms with E-state index in [1.165, 1.54) is 14.2 Å². The molecule has 0 saturated heterocycles. The fourth-order valence-corrected chi connectivity index (χ4v) is 4.10. The van der Waals surface area contributed by atoms with Crippen LogP contribution in [0.25, 0.3) is 11.0 Å². The van der Waals surface area contributed by atoms with Crippen molar-refractivity contribution in [2.45, 2.75) is 45.4 Å². The maximum absolute atomic E-state index is 12.5. The Labute approximate surface area is 222 Å². The van der Waals surface area contributed by atoms with E-state index in [9.17, 15) is 14.4 Å².